The van der Waals surface area contributed by atoms with Crippen molar-refractivity contribution in [2.45, 2.75) is 120 Å². The van der Waals surface area contributed by atoms with Gasteiger partial charge in [-0.1, -0.05) is 13.8 Å². The summed E-state index contributed by atoms with van der Waals surface area (Å²) in [6, 6.07) is 2.95. The number of amides is 1. The van der Waals surface area contributed by atoms with Crippen LogP contribution in [-0.2, 0) is 47.7 Å². The lowest BCUT2D eigenvalue weighted by atomic mass is 9.39. The SMILES string of the molecule is COc1ccc(S(=O)(=O)O[C@@H]2[C@@H]3[C@H]([C@H](OC(C)=O)[C@H](O)[C@@]4(C(C)=O)[C@H]3[C@@H](O)[C@@H]3[C@@H]4[C@H](C)[C@H]4O[C@]45OC(=O)[C@@](C)(O)[C@]35C)[C@]3(C)C(CC4C[C@@H]4[C@@H]3O)[C@H]2NC(=O)C(F)(F)F)cc1. The molecule has 5 N–H and O–H groups in total. The number of aliphatic hydroxyl groups is 4. The van der Waals surface area contributed by atoms with Crippen molar-refractivity contribution in [3.05, 3.63) is 24.3 Å². The number of nitrogens with one attached hydrogen (secondary N) is 1. The summed E-state index contributed by atoms with van der Waals surface area (Å²) in [5, 5.41) is 52.7. The predicted octanol–water partition coefficient (Wildman–Crippen LogP) is 1.25. The number of ketones is 1. The molecule has 20 heteroatoms. The summed E-state index contributed by atoms with van der Waals surface area (Å²) in [5.41, 5.74) is -8.29. The van der Waals surface area contributed by atoms with Crippen molar-refractivity contribution in [3.8, 4) is 5.75 Å². The first kappa shape index (κ1) is 42.9. The largest absolute Gasteiger partial charge is 0.497 e. The zero-order valence-electron chi connectivity index (χ0n) is 34.3. The Labute approximate surface area is 348 Å². The van der Waals surface area contributed by atoms with Gasteiger partial charge in [-0.2, -0.15) is 21.6 Å². The minimum Gasteiger partial charge on any atom is -0.497 e. The van der Waals surface area contributed by atoms with E-state index in [1.54, 1.807) is 6.92 Å². The van der Waals surface area contributed by atoms with Gasteiger partial charge < -0.3 is 44.7 Å². The molecule has 2 saturated heterocycles. The molecule has 2 heterocycles. The summed E-state index contributed by atoms with van der Waals surface area (Å²) >= 11 is 0. The van der Waals surface area contributed by atoms with E-state index in [-0.39, 0.29) is 18.1 Å². The number of hydrogen-bond acceptors (Lipinski definition) is 15. The maximum Gasteiger partial charge on any atom is 0.471 e. The van der Waals surface area contributed by atoms with E-state index in [4.69, 9.17) is 23.1 Å². The number of epoxide rings is 1. The fourth-order valence-electron chi connectivity index (χ4n) is 14.6. The summed E-state index contributed by atoms with van der Waals surface area (Å²) in [6.07, 6.45) is -15.3. The topological polar surface area (TPSA) is 245 Å². The van der Waals surface area contributed by atoms with Gasteiger partial charge in [0, 0.05) is 36.0 Å². The van der Waals surface area contributed by atoms with Crippen molar-refractivity contribution in [1.82, 2.24) is 5.32 Å². The quantitative estimate of drug-likeness (QED) is 0.147. The fourth-order valence-corrected chi connectivity index (χ4v) is 15.7. The molecule has 61 heavy (non-hydrogen) atoms. The number of carbonyl (C=O) groups excluding carboxylic acids is 4. The highest BCUT2D eigenvalue weighted by molar-refractivity contribution is 7.86. The molecule has 1 spiro atoms. The average molecular weight is 886 g/mol. The number of hydrogen-bond donors (Lipinski definition) is 5. The van der Waals surface area contributed by atoms with Crippen molar-refractivity contribution in [1.29, 1.82) is 0 Å². The van der Waals surface area contributed by atoms with Gasteiger partial charge in [-0.3, -0.25) is 18.6 Å². The zero-order chi connectivity index (χ0) is 44.7. The van der Waals surface area contributed by atoms with Gasteiger partial charge in [0.15, 0.2) is 5.60 Å². The molecule has 336 valence electrons. The van der Waals surface area contributed by atoms with E-state index in [1.165, 1.54) is 40.0 Å². The van der Waals surface area contributed by atoms with E-state index < -0.39 is 162 Å². The maximum atomic E-state index is 14.9. The third-order valence-corrected chi connectivity index (χ3v) is 18.6. The van der Waals surface area contributed by atoms with Crippen molar-refractivity contribution in [3.63, 3.8) is 0 Å². The fraction of sp³-hybridized carbons (Fsp3) is 0.756. The van der Waals surface area contributed by atoms with E-state index in [0.717, 1.165) is 26.0 Å². The van der Waals surface area contributed by atoms with Crippen molar-refractivity contribution >= 4 is 33.7 Å². The van der Waals surface area contributed by atoms with E-state index in [9.17, 15) is 61.2 Å². The van der Waals surface area contributed by atoms with Crippen LogP contribution in [0.4, 0.5) is 13.2 Å². The molecule has 6 saturated carbocycles. The standard InChI is InChI=1S/C41H50F3NO15S/c1-14-23-26(37(5)38(6,53)35(52)59-40(37)33(14)58-40)28(48)24-22-25(30(57-16(3)47)32(50)39(23,24)15(2)46)36(4)21(13-17-12-20(17)31(36)49)27(45-34(51)41(42,43)44)29(22)60-61(54,55)19-10-8-18(56-7)9-11-19/h8-11,14,17,20-33,48-50,53H,12-13H2,1-7H3,(H,45,51)/t14-,17?,20-,21?,22-,23-,24+,25+,26-,27+,28+,29+,30-,31-,32-,33+,36-,37-,38+,39+,40-/m0/s1. The Morgan fingerprint density at radius 2 is 1.57 bits per heavy atom. The Bertz CT molecular complexity index is 2210. The monoisotopic (exact) mass is 885 g/mol. The molecule has 2 unspecified atom stereocenters. The lowest BCUT2D eigenvalue weighted by Gasteiger charge is -2.67. The number of fused-ring (bicyclic) bond motifs is 9. The minimum atomic E-state index is -5.50. The molecule has 6 aliphatic carbocycles. The molecule has 8 fully saturated rings. The van der Waals surface area contributed by atoms with E-state index in [2.05, 4.69) is 0 Å². The van der Waals surface area contributed by atoms with Gasteiger partial charge in [0.2, 0.25) is 5.79 Å². The molecule has 0 radical (unpaired) electrons. The second-order valence-electron chi connectivity index (χ2n) is 19.4. The smallest absolute Gasteiger partial charge is 0.471 e. The zero-order valence-corrected chi connectivity index (χ0v) is 35.1. The molecule has 21 atom stereocenters. The van der Waals surface area contributed by atoms with E-state index >= 15 is 0 Å². The van der Waals surface area contributed by atoms with Gasteiger partial charge in [-0.15, -0.1) is 0 Å². The van der Waals surface area contributed by atoms with Crippen molar-refractivity contribution in [2.75, 3.05) is 7.11 Å². The molecular weight excluding hydrogens is 836 g/mol. The summed E-state index contributed by atoms with van der Waals surface area (Å²) in [4.78, 5) is 54.3. The third kappa shape index (κ3) is 5.12. The second-order valence-corrected chi connectivity index (χ2v) is 21.0. The van der Waals surface area contributed by atoms with Gasteiger partial charge in [0.1, 0.15) is 35.9 Å². The Morgan fingerprint density at radius 1 is 0.934 bits per heavy atom. The molecule has 0 aromatic heterocycles. The van der Waals surface area contributed by atoms with E-state index in [0.29, 0.717) is 6.42 Å². The molecule has 1 aromatic carbocycles. The van der Waals surface area contributed by atoms with Crippen LogP contribution in [0.1, 0.15) is 54.4 Å². The summed E-state index contributed by atoms with van der Waals surface area (Å²) in [7, 11) is -3.72. The molecule has 1 aromatic rings. The summed E-state index contributed by atoms with van der Waals surface area (Å²) < 4.78 is 101. The number of ether oxygens (including phenoxy) is 4. The highest BCUT2D eigenvalue weighted by Gasteiger charge is 2.94. The first-order valence-corrected chi connectivity index (χ1v) is 21.9. The van der Waals surface area contributed by atoms with Gasteiger partial charge in [-0.25, -0.2) is 4.79 Å². The van der Waals surface area contributed by atoms with Crippen LogP contribution >= 0.6 is 0 Å². The second kappa shape index (κ2) is 12.9. The molecule has 8 aliphatic rings. The van der Waals surface area contributed by atoms with Crippen molar-refractivity contribution < 1.29 is 84.3 Å². The average Bonchev–Trinajstić information content (AvgIpc) is 4.08. The molecule has 16 nitrogen and oxygen atoms in total. The van der Waals surface area contributed by atoms with Gasteiger partial charge in [-0.05, 0) is 87.5 Å². The van der Waals surface area contributed by atoms with Crippen LogP contribution in [-0.4, -0.2) is 120 Å². The lowest BCUT2D eigenvalue weighted by Crippen LogP contribution is -2.78. The molecule has 2 aliphatic heterocycles. The van der Waals surface area contributed by atoms with Crippen molar-refractivity contribution in [2.24, 2.45) is 69.5 Å². The molecule has 9 rings (SSSR count). The Balaban J connectivity index is 1.33. The Morgan fingerprint density at radius 3 is 2.15 bits per heavy atom. The molecule has 0 bridgehead atoms. The number of benzene rings is 1. The number of alkyl halides is 3. The van der Waals surface area contributed by atoms with Crippen LogP contribution in [0.5, 0.6) is 5.75 Å². The molecular formula is C41H50F3NO15S. The van der Waals surface area contributed by atoms with Crippen LogP contribution < -0.4 is 10.1 Å². The number of halogens is 3. The van der Waals surface area contributed by atoms with Crippen LogP contribution in [0.25, 0.3) is 0 Å². The van der Waals surface area contributed by atoms with Gasteiger partial charge in [0.05, 0.1) is 41.1 Å². The first-order valence-electron chi connectivity index (χ1n) is 20.5. The summed E-state index contributed by atoms with van der Waals surface area (Å²) in [5.74, 6) is -17.2. The highest BCUT2D eigenvalue weighted by atomic mass is 32.2. The molecule has 1 amide bonds. The number of esters is 2. The van der Waals surface area contributed by atoms with Crippen LogP contribution in [0.3, 0.4) is 0 Å². The van der Waals surface area contributed by atoms with E-state index in [1.807, 2.05) is 5.32 Å². The Hall–Kier alpha value is -3.40. The number of methoxy groups -OCH3 is 1. The minimum absolute atomic E-state index is 0.0465. The number of rotatable bonds is 7. The third-order valence-electron chi connectivity index (χ3n) is 17.2. The number of aliphatic hydroxyl groups excluding tert-OH is 3. The highest BCUT2D eigenvalue weighted by Crippen LogP contribution is 2.81. The van der Waals surface area contributed by atoms with Crippen LogP contribution in [0, 0.1) is 69.5 Å². The number of Topliss-reactive ketones (excluding diaryl/α,β-unsaturated/α-hetero) is 1. The normalized spacial score (nSPS) is 51.1. The predicted molar refractivity (Wildman–Crippen MR) is 197 cm³/mol. The number of carbonyl (C=O) groups is 4. The van der Waals surface area contributed by atoms with Gasteiger partial charge in [0.25, 0.3) is 10.1 Å². The Kier molecular flexibility index (Phi) is 9.05. The van der Waals surface area contributed by atoms with Gasteiger partial charge >= 0.3 is 24.0 Å². The van der Waals surface area contributed by atoms with Crippen LogP contribution in [0.15, 0.2) is 29.2 Å². The summed E-state index contributed by atoms with van der Waals surface area (Å²) in [6.45, 7) is 7.89. The van der Waals surface area contributed by atoms with Crippen LogP contribution in [0.2, 0.25) is 0 Å². The first-order chi connectivity index (χ1) is 28.2. The lowest BCUT2D eigenvalue weighted by molar-refractivity contribution is -0.280. The maximum absolute atomic E-state index is 14.9.